The van der Waals surface area contributed by atoms with Crippen LogP contribution < -0.4 is 5.73 Å². The maximum Gasteiger partial charge on any atom is 0.244 e. The van der Waals surface area contributed by atoms with E-state index in [4.69, 9.17) is 5.73 Å². The first kappa shape index (κ1) is 17.6. The first-order valence-electron chi connectivity index (χ1n) is 5.88. The number of primary amides is 1. The van der Waals surface area contributed by atoms with Crippen molar-refractivity contribution in [3.63, 3.8) is 0 Å². The highest BCUT2D eigenvalue weighted by Crippen LogP contribution is 2.28. The molecule has 0 aromatic heterocycles. The van der Waals surface area contributed by atoms with Crippen LogP contribution in [0.3, 0.4) is 0 Å². The lowest BCUT2D eigenvalue weighted by atomic mass is 10.2. The van der Waals surface area contributed by atoms with E-state index < -0.39 is 15.9 Å². The minimum atomic E-state index is -3.77. The Hall–Kier alpha value is -0.440. The Morgan fingerprint density at radius 3 is 2.40 bits per heavy atom. The minimum absolute atomic E-state index is 0.0818. The summed E-state index contributed by atoms with van der Waals surface area (Å²) in [6, 6.07) is 4.76. The number of carbonyl (C=O) groups excluding carboxylic acids is 1. The zero-order valence-electron chi connectivity index (χ0n) is 11.1. The topological polar surface area (TPSA) is 80.5 Å². The van der Waals surface area contributed by atoms with Gasteiger partial charge in [-0.15, -0.1) is 0 Å². The van der Waals surface area contributed by atoms with Gasteiger partial charge in [-0.2, -0.15) is 4.31 Å². The van der Waals surface area contributed by atoms with Crippen molar-refractivity contribution in [3.8, 4) is 0 Å². The average Bonchev–Trinajstić information content (AvgIpc) is 2.26. The van der Waals surface area contributed by atoms with Gasteiger partial charge in [-0.3, -0.25) is 4.79 Å². The summed E-state index contributed by atoms with van der Waals surface area (Å²) in [5, 5.41) is 0. The molecule has 1 rings (SSSR count). The smallest absolute Gasteiger partial charge is 0.244 e. The molecule has 0 aliphatic carbocycles. The fourth-order valence-corrected chi connectivity index (χ4v) is 4.93. The van der Waals surface area contributed by atoms with E-state index in [1.807, 2.05) is 13.8 Å². The van der Waals surface area contributed by atoms with Crippen LogP contribution in [0, 0.1) is 5.92 Å². The molecule has 0 fully saturated rings. The normalized spacial score (nSPS) is 12.1. The number of sulfonamides is 1. The number of hydrogen-bond donors (Lipinski definition) is 1. The lowest BCUT2D eigenvalue weighted by Gasteiger charge is -2.23. The van der Waals surface area contributed by atoms with Crippen molar-refractivity contribution in [2.45, 2.75) is 18.7 Å². The van der Waals surface area contributed by atoms with Crippen LogP contribution in [0.25, 0.3) is 0 Å². The summed E-state index contributed by atoms with van der Waals surface area (Å²) in [4.78, 5) is 11.2. The molecular formula is C12H16Br2N2O3S. The van der Waals surface area contributed by atoms with E-state index in [0.717, 1.165) is 8.78 Å². The second-order valence-corrected chi connectivity index (χ2v) is 8.41. The SMILES string of the molecule is CC(C)CN(CC(N)=O)S(=O)(=O)c1ccc(Br)cc1Br. The Labute approximate surface area is 135 Å². The highest BCUT2D eigenvalue weighted by Gasteiger charge is 2.28. The first-order chi connectivity index (χ1) is 9.14. The second-order valence-electron chi connectivity index (χ2n) is 4.73. The van der Waals surface area contributed by atoms with E-state index in [0.29, 0.717) is 4.47 Å². The molecule has 8 heteroatoms. The first-order valence-corrected chi connectivity index (χ1v) is 8.90. The van der Waals surface area contributed by atoms with E-state index >= 15 is 0 Å². The van der Waals surface area contributed by atoms with Gasteiger partial charge in [-0.05, 0) is 40.0 Å². The van der Waals surface area contributed by atoms with Crippen LogP contribution in [-0.2, 0) is 14.8 Å². The molecule has 0 spiro atoms. The third-order valence-corrected chi connectivity index (χ3v) is 5.69. The molecule has 0 aliphatic rings. The van der Waals surface area contributed by atoms with Crippen molar-refractivity contribution in [2.24, 2.45) is 11.7 Å². The van der Waals surface area contributed by atoms with Crippen LogP contribution in [0.5, 0.6) is 0 Å². The van der Waals surface area contributed by atoms with Gasteiger partial charge in [0.15, 0.2) is 0 Å². The predicted molar refractivity (Wildman–Crippen MR) is 84.6 cm³/mol. The van der Waals surface area contributed by atoms with E-state index in [-0.39, 0.29) is 23.9 Å². The van der Waals surface area contributed by atoms with E-state index in [2.05, 4.69) is 31.9 Å². The fourth-order valence-electron chi connectivity index (χ4n) is 1.65. The molecule has 0 heterocycles. The van der Waals surface area contributed by atoms with Gasteiger partial charge in [-0.1, -0.05) is 29.8 Å². The molecule has 0 atom stereocenters. The van der Waals surface area contributed by atoms with E-state index in [9.17, 15) is 13.2 Å². The van der Waals surface area contributed by atoms with Crippen molar-refractivity contribution in [1.29, 1.82) is 0 Å². The lowest BCUT2D eigenvalue weighted by molar-refractivity contribution is -0.118. The fraction of sp³-hybridized carbons (Fsp3) is 0.417. The van der Waals surface area contributed by atoms with Gasteiger partial charge in [0.2, 0.25) is 15.9 Å². The van der Waals surface area contributed by atoms with Gasteiger partial charge >= 0.3 is 0 Å². The van der Waals surface area contributed by atoms with Crippen LogP contribution in [0.2, 0.25) is 0 Å². The summed E-state index contributed by atoms with van der Waals surface area (Å²) in [7, 11) is -3.77. The summed E-state index contributed by atoms with van der Waals surface area (Å²) in [6.07, 6.45) is 0. The molecule has 1 aromatic carbocycles. The van der Waals surface area contributed by atoms with Crippen LogP contribution in [-0.4, -0.2) is 31.7 Å². The molecule has 0 radical (unpaired) electrons. The molecule has 0 unspecified atom stereocenters. The summed E-state index contributed by atoms with van der Waals surface area (Å²) in [5.74, 6) is -0.596. The Kier molecular flexibility index (Phi) is 6.18. The second kappa shape index (κ2) is 7.02. The third kappa shape index (κ3) is 4.54. The van der Waals surface area contributed by atoms with E-state index in [1.54, 1.807) is 12.1 Å². The molecular weight excluding hydrogens is 412 g/mol. The van der Waals surface area contributed by atoms with Crippen LogP contribution >= 0.6 is 31.9 Å². The van der Waals surface area contributed by atoms with Gasteiger partial charge in [-0.25, -0.2) is 8.42 Å². The third-order valence-electron chi connectivity index (χ3n) is 2.41. The highest BCUT2D eigenvalue weighted by atomic mass is 79.9. The molecule has 5 nitrogen and oxygen atoms in total. The Bertz CT molecular complexity index is 603. The zero-order valence-corrected chi connectivity index (χ0v) is 15.1. The minimum Gasteiger partial charge on any atom is -0.369 e. The van der Waals surface area contributed by atoms with Gasteiger partial charge in [0.25, 0.3) is 0 Å². The van der Waals surface area contributed by atoms with Gasteiger partial charge in [0.1, 0.15) is 0 Å². The van der Waals surface area contributed by atoms with Crippen molar-refractivity contribution in [2.75, 3.05) is 13.1 Å². The largest absolute Gasteiger partial charge is 0.369 e. The number of hydrogen-bond acceptors (Lipinski definition) is 3. The van der Waals surface area contributed by atoms with Gasteiger partial charge < -0.3 is 5.73 Å². The van der Waals surface area contributed by atoms with Gasteiger partial charge in [0.05, 0.1) is 11.4 Å². The standard InChI is InChI=1S/C12H16Br2N2O3S/c1-8(2)6-16(7-12(15)17)20(18,19)11-4-3-9(13)5-10(11)14/h3-5,8H,6-7H2,1-2H3,(H2,15,17). The zero-order chi connectivity index (χ0) is 15.5. The number of carbonyl (C=O) groups is 1. The number of nitrogens with two attached hydrogens (primary N) is 1. The van der Waals surface area contributed by atoms with Crippen LogP contribution in [0.1, 0.15) is 13.8 Å². The lowest BCUT2D eigenvalue weighted by Crippen LogP contribution is -2.40. The molecule has 112 valence electrons. The number of halogens is 2. The molecule has 1 aromatic rings. The van der Waals surface area contributed by atoms with Crippen molar-refractivity contribution >= 4 is 47.8 Å². The molecule has 2 N–H and O–H groups in total. The van der Waals surface area contributed by atoms with Crippen molar-refractivity contribution in [1.82, 2.24) is 4.31 Å². The average molecular weight is 428 g/mol. The maximum absolute atomic E-state index is 12.6. The summed E-state index contributed by atoms with van der Waals surface area (Å²) in [6.45, 7) is 3.65. The summed E-state index contributed by atoms with van der Waals surface area (Å²) >= 11 is 6.50. The number of amides is 1. The Balaban J connectivity index is 3.24. The monoisotopic (exact) mass is 426 g/mol. The molecule has 1 amide bonds. The quantitative estimate of drug-likeness (QED) is 0.756. The predicted octanol–water partition coefficient (Wildman–Crippen LogP) is 2.34. The highest BCUT2D eigenvalue weighted by molar-refractivity contribution is 9.11. The number of rotatable bonds is 6. The molecule has 0 aliphatic heterocycles. The number of benzene rings is 1. The number of nitrogens with zero attached hydrogens (tertiary/aromatic N) is 1. The van der Waals surface area contributed by atoms with Crippen LogP contribution in [0.15, 0.2) is 32.0 Å². The molecule has 0 bridgehead atoms. The van der Waals surface area contributed by atoms with Gasteiger partial charge in [0, 0.05) is 15.5 Å². The van der Waals surface area contributed by atoms with Crippen molar-refractivity contribution in [3.05, 3.63) is 27.1 Å². The Morgan fingerprint density at radius 2 is 1.95 bits per heavy atom. The summed E-state index contributed by atoms with van der Waals surface area (Å²) in [5.41, 5.74) is 5.14. The van der Waals surface area contributed by atoms with Crippen LogP contribution in [0.4, 0.5) is 0 Å². The molecule has 20 heavy (non-hydrogen) atoms. The summed E-state index contributed by atoms with van der Waals surface area (Å²) < 4.78 is 27.5. The molecule has 0 saturated heterocycles. The maximum atomic E-state index is 12.6. The van der Waals surface area contributed by atoms with E-state index in [1.165, 1.54) is 6.07 Å². The van der Waals surface area contributed by atoms with Crippen molar-refractivity contribution < 1.29 is 13.2 Å². The Morgan fingerprint density at radius 1 is 1.35 bits per heavy atom. The molecule has 0 saturated carbocycles.